The minimum Gasteiger partial charge on any atom is -0.261 e. The largest absolute Gasteiger partial charge is 0.261 e. The summed E-state index contributed by atoms with van der Waals surface area (Å²) in [6.45, 7) is 3.93. The van der Waals surface area contributed by atoms with Gasteiger partial charge >= 0.3 is 0 Å². The van der Waals surface area contributed by atoms with E-state index in [-0.39, 0.29) is 0 Å². The Morgan fingerprint density at radius 2 is 1.94 bits per heavy atom. The summed E-state index contributed by atoms with van der Waals surface area (Å²) in [6, 6.07) is 12.1. The molecule has 16 heavy (non-hydrogen) atoms. The van der Waals surface area contributed by atoms with Crippen molar-refractivity contribution in [2.45, 2.75) is 13.8 Å². The molecule has 2 nitrogen and oxygen atoms in total. The third-order valence-corrected chi connectivity index (χ3v) is 2.52. The van der Waals surface area contributed by atoms with Crippen molar-refractivity contribution in [3.05, 3.63) is 53.3 Å². The van der Waals surface area contributed by atoms with Crippen molar-refractivity contribution in [2.24, 2.45) is 0 Å². The van der Waals surface area contributed by atoms with E-state index in [1.54, 1.807) is 6.20 Å². The summed E-state index contributed by atoms with van der Waals surface area (Å²) in [5.74, 6) is 0. The normalized spacial score (nSPS) is 9.81. The van der Waals surface area contributed by atoms with Crippen LogP contribution in [0.3, 0.4) is 0 Å². The molecule has 0 unspecified atom stereocenters. The number of hydrogen-bond donors (Lipinski definition) is 0. The predicted molar refractivity (Wildman–Crippen MR) is 63.9 cm³/mol. The van der Waals surface area contributed by atoms with E-state index in [1.807, 2.05) is 44.2 Å². The number of nitriles is 1. The first-order valence-corrected chi connectivity index (χ1v) is 5.14. The summed E-state index contributed by atoms with van der Waals surface area (Å²) in [7, 11) is 0. The molecule has 0 N–H and O–H groups in total. The number of aromatic nitrogens is 1. The summed E-state index contributed by atoms with van der Waals surface area (Å²) in [4.78, 5) is 4.24. The monoisotopic (exact) mass is 208 g/mol. The number of hydrogen-bond acceptors (Lipinski definition) is 2. The molecule has 0 spiro atoms. The van der Waals surface area contributed by atoms with E-state index in [0.29, 0.717) is 5.56 Å². The lowest BCUT2D eigenvalue weighted by Crippen LogP contribution is -1.87. The minimum atomic E-state index is 0.700. The SMILES string of the molecule is Cc1ccc(-c2ccc(C)nc2)c(C#N)c1. The van der Waals surface area contributed by atoms with Crippen LogP contribution in [0.15, 0.2) is 36.5 Å². The highest BCUT2D eigenvalue weighted by atomic mass is 14.7. The molecule has 1 aromatic carbocycles. The number of aryl methyl sites for hydroxylation is 2. The Hall–Kier alpha value is -2.14. The molecule has 1 heterocycles. The number of nitrogens with zero attached hydrogens (tertiary/aromatic N) is 2. The van der Waals surface area contributed by atoms with E-state index >= 15 is 0 Å². The lowest BCUT2D eigenvalue weighted by atomic mass is 10.00. The van der Waals surface area contributed by atoms with E-state index < -0.39 is 0 Å². The second kappa shape index (κ2) is 4.16. The molecule has 78 valence electrons. The molecule has 0 fully saturated rings. The first-order chi connectivity index (χ1) is 7.70. The molecule has 0 aliphatic carbocycles. The zero-order valence-corrected chi connectivity index (χ0v) is 9.36. The van der Waals surface area contributed by atoms with E-state index in [9.17, 15) is 0 Å². The predicted octanol–water partition coefficient (Wildman–Crippen LogP) is 3.24. The average Bonchev–Trinajstić information content (AvgIpc) is 2.30. The summed E-state index contributed by atoms with van der Waals surface area (Å²) < 4.78 is 0. The molecule has 0 amide bonds. The Balaban J connectivity index is 2.56. The highest BCUT2D eigenvalue weighted by Gasteiger charge is 2.04. The molecule has 1 aromatic heterocycles. The molecule has 2 heteroatoms. The smallest absolute Gasteiger partial charge is 0.0998 e. The van der Waals surface area contributed by atoms with Gasteiger partial charge in [0.25, 0.3) is 0 Å². The number of pyridine rings is 1. The van der Waals surface area contributed by atoms with Crippen LogP contribution in [0.25, 0.3) is 11.1 Å². The number of benzene rings is 1. The zero-order chi connectivity index (χ0) is 11.5. The molecule has 0 saturated carbocycles. The van der Waals surface area contributed by atoms with Crippen LogP contribution in [0.4, 0.5) is 0 Å². The molecule has 2 rings (SSSR count). The van der Waals surface area contributed by atoms with Gasteiger partial charge in [0.15, 0.2) is 0 Å². The summed E-state index contributed by atoms with van der Waals surface area (Å²) in [5.41, 5.74) is 4.71. The Morgan fingerprint density at radius 3 is 2.56 bits per heavy atom. The molecule has 0 bridgehead atoms. The van der Waals surface area contributed by atoms with Crippen LogP contribution < -0.4 is 0 Å². The van der Waals surface area contributed by atoms with E-state index in [0.717, 1.165) is 22.4 Å². The van der Waals surface area contributed by atoms with Gasteiger partial charge in [-0.25, -0.2) is 0 Å². The molecule has 0 saturated heterocycles. The van der Waals surface area contributed by atoms with Crippen molar-refractivity contribution >= 4 is 0 Å². The fraction of sp³-hybridized carbons (Fsp3) is 0.143. The van der Waals surface area contributed by atoms with Crippen molar-refractivity contribution in [3.8, 4) is 17.2 Å². The van der Waals surface area contributed by atoms with Crippen molar-refractivity contribution in [3.63, 3.8) is 0 Å². The van der Waals surface area contributed by atoms with Crippen LogP contribution >= 0.6 is 0 Å². The van der Waals surface area contributed by atoms with Crippen molar-refractivity contribution in [2.75, 3.05) is 0 Å². The van der Waals surface area contributed by atoms with E-state index in [1.165, 1.54) is 0 Å². The first-order valence-electron chi connectivity index (χ1n) is 5.14. The van der Waals surface area contributed by atoms with Crippen LogP contribution in [-0.4, -0.2) is 4.98 Å². The third-order valence-electron chi connectivity index (χ3n) is 2.52. The van der Waals surface area contributed by atoms with Gasteiger partial charge in [-0.05, 0) is 31.5 Å². The number of rotatable bonds is 1. The fourth-order valence-electron chi connectivity index (χ4n) is 1.63. The Bertz CT molecular complexity index is 548. The van der Waals surface area contributed by atoms with Crippen LogP contribution in [0, 0.1) is 25.2 Å². The Labute approximate surface area is 95.2 Å². The van der Waals surface area contributed by atoms with Crippen LogP contribution in [0.2, 0.25) is 0 Å². The Kier molecular flexibility index (Phi) is 2.70. The highest BCUT2D eigenvalue weighted by Crippen LogP contribution is 2.23. The van der Waals surface area contributed by atoms with Gasteiger partial charge in [0.05, 0.1) is 11.6 Å². The maximum atomic E-state index is 9.09. The second-order valence-electron chi connectivity index (χ2n) is 3.85. The highest BCUT2D eigenvalue weighted by molar-refractivity contribution is 5.70. The topological polar surface area (TPSA) is 36.7 Å². The molecular weight excluding hydrogens is 196 g/mol. The van der Waals surface area contributed by atoms with E-state index in [2.05, 4.69) is 11.1 Å². The van der Waals surface area contributed by atoms with Crippen molar-refractivity contribution in [1.82, 2.24) is 4.98 Å². The molecule has 0 aliphatic rings. The average molecular weight is 208 g/mol. The summed E-state index contributed by atoms with van der Waals surface area (Å²) in [6.07, 6.45) is 1.81. The van der Waals surface area contributed by atoms with Crippen molar-refractivity contribution in [1.29, 1.82) is 5.26 Å². The molecule has 0 atom stereocenters. The lowest BCUT2D eigenvalue weighted by molar-refractivity contribution is 1.20. The first kappa shape index (κ1) is 10.4. The van der Waals surface area contributed by atoms with Gasteiger partial charge < -0.3 is 0 Å². The Morgan fingerprint density at radius 1 is 1.12 bits per heavy atom. The van der Waals surface area contributed by atoms with Crippen molar-refractivity contribution < 1.29 is 0 Å². The van der Waals surface area contributed by atoms with Gasteiger partial charge in [0, 0.05) is 23.0 Å². The van der Waals surface area contributed by atoms with Gasteiger partial charge in [-0.1, -0.05) is 18.2 Å². The van der Waals surface area contributed by atoms with Gasteiger partial charge in [0.1, 0.15) is 0 Å². The standard InChI is InChI=1S/C14H12N2/c1-10-3-6-14(13(7-10)8-15)12-5-4-11(2)16-9-12/h3-7,9H,1-2H3. The zero-order valence-electron chi connectivity index (χ0n) is 9.36. The quantitative estimate of drug-likeness (QED) is 0.721. The van der Waals surface area contributed by atoms with E-state index in [4.69, 9.17) is 5.26 Å². The minimum absolute atomic E-state index is 0.700. The lowest BCUT2D eigenvalue weighted by Gasteiger charge is -2.05. The summed E-state index contributed by atoms with van der Waals surface area (Å²) in [5, 5.41) is 9.09. The maximum Gasteiger partial charge on any atom is 0.0998 e. The van der Waals surface area contributed by atoms with Gasteiger partial charge in [-0.3, -0.25) is 4.98 Å². The molecule has 2 aromatic rings. The van der Waals surface area contributed by atoms with Gasteiger partial charge in [-0.15, -0.1) is 0 Å². The maximum absolute atomic E-state index is 9.09. The summed E-state index contributed by atoms with van der Waals surface area (Å²) >= 11 is 0. The molecular formula is C14H12N2. The van der Waals surface area contributed by atoms with Gasteiger partial charge in [0.2, 0.25) is 0 Å². The van der Waals surface area contributed by atoms with Gasteiger partial charge in [-0.2, -0.15) is 5.26 Å². The third kappa shape index (κ3) is 1.94. The fourth-order valence-corrected chi connectivity index (χ4v) is 1.63. The molecule has 0 aliphatic heterocycles. The van der Waals surface area contributed by atoms with Crippen LogP contribution in [-0.2, 0) is 0 Å². The molecule has 0 radical (unpaired) electrons. The van der Waals surface area contributed by atoms with Crippen LogP contribution in [0.5, 0.6) is 0 Å². The van der Waals surface area contributed by atoms with Crippen LogP contribution in [0.1, 0.15) is 16.8 Å². The second-order valence-corrected chi connectivity index (χ2v) is 3.85.